The first-order valence-corrected chi connectivity index (χ1v) is 8.69. The molecule has 0 bridgehead atoms. The van der Waals surface area contributed by atoms with Crippen molar-refractivity contribution in [2.24, 2.45) is 0 Å². The Labute approximate surface area is 152 Å². The van der Waals surface area contributed by atoms with Gasteiger partial charge in [0.25, 0.3) is 11.8 Å². The fourth-order valence-electron chi connectivity index (χ4n) is 3.26. The van der Waals surface area contributed by atoms with Gasteiger partial charge in [0.2, 0.25) is 0 Å². The van der Waals surface area contributed by atoms with Crippen LogP contribution in [0.1, 0.15) is 39.7 Å². The van der Waals surface area contributed by atoms with Crippen LogP contribution in [0.3, 0.4) is 0 Å². The van der Waals surface area contributed by atoms with Crippen LogP contribution in [-0.4, -0.2) is 65.7 Å². The average molecular weight is 356 g/mol. The van der Waals surface area contributed by atoms with Gasteiger partial charge in [-0.3, -0.25) is 19.3 Å². The Hall–Kier alpha value is -2.90. The van der Waals surface area contributed by atoms with Crippen LogP contribution in [0.2, 0.25) is 0 Å². The van der Waals surface area contributed by atoms with Crippen LogP contribution in [0.5, 0.6) is 0 Å². The lowest BCUT2D eigenvalue weighted by Crippen LogP contribution is -2.41. The first-order chi connectivity index (χ1) is 12.5. The number of rotatable bonds is 4. The molecule has 0 spiro atoms. The highest BCUT2D eigenvalue weighted by atomic mass is 16.2. The third-order valence-corrected chi connectivity index (χ3v) is 4.64. The summed E-state index contributed by atoms with van der Waals surface area (Å²) in [6, 6.07) is 3.61. The zero-order chi connectivity index (χ0) is 18.7. The van der Waals surface area contributed by atoms with E-state index in [1.54, 1.807) is 36.4 Å². The predicted octanol–water partition coefficient (Wildman–Crippen LogP) is 1.18. The van der Waals surface area contributed by atoms with Gasteiger partial charge < -0.3 is 15.1 Å². The maximum absolute atomic E-state index is 13.0. The maximum atomic E-state index is 13.0. The number of amides is 2. The fraction of sp³-hybridized carbons (Fsp3) is 0.444. The van der Waals surface area contributed by atoms with Crippen LogP contribution < -0.4 is 10.2 Å². The number of carbonyl (C=O) groups is 2. The smallest absolute Gasteiger partial charge is 0.271 e. The molecule has 2 aromatic rings. The van der Waals surface area contributed by atoms with Gasteiger partial charge in [-0.05, 0) is 25.0 Å². The topological polar surface area (TPSA) is 83.4 Å². The minimum absolute atomic E-state index is 0.0230. The van der Waals surface area contributed by atoms with Gasteiger partial charge in [-0.25, -0.2) is 0 Å². The third kappa shape index (κ3) is 3.54. The molecule has 3 rings (SSSR count). The number of piperidine rings is 1. The van der Waals surface area contributed by atoms with E-state index in [0.717, 1.165) is 18.5 Å². The average Bonchev–Trinajstić information content (AvgIpc) is 3.17. The molecule has 1 saturated heterocycles. The molecule has 0 aromatic carbocycles. The van der Waals surface area contributed by atoms with Crippen molar-refractivity contribution in [2.75, 3.05) is 39.1 Å². The first kappa shape index (κ1) is 17.9. The van der Waals surface area contributed by atoms with E-state index in [9.17, 15) is 9.59 Å². The molecule has 2 amide bonds. The highest BCUT2D eigenvalue weighted by molar-refractivity contribution is 5.99. The second-order valence-corrected chi connectivity index (χ2v) is 6.59. The van der Waals surface area contributed by atoms with Gasteiger partial charge in [-0.2, -0.15) is 5.10 Å². The largest absolute Gasteiger partial charge is 0.377 e. The number of carbonyl (C=O) groups excluding carboxylic acids is 2. The molecule has 1 aliphatic heterocycles. The van der Waals surface area contributed by atoms with Crippen molar-refractivity contribution in [3.63, 3.8) is 0 Å². The monoisotopic (exact) mass is 356 g/mol. The number of pyridine rings is 1. The summed E-state index contributed by atoms with van der Waals surface area (Å²) < 4.78 is 1.79. The highest BCUT2D eigenvalue weighted by Gasteiger charge is 2.28. The lowest BCUT2D eigenvalue weighted by atomic mass is 10.0. The second-order valence-electron chi connectivity index (χ2n) is 6.59. The normalized spacial score (nSPS) is 17.0. The van der Waals surface area contributed by atoms with E-state index in [2.05, 4.69) is 15.4 Å². The fourth-order valence-corrected chi connectivity index (χ4v) is 3.26. The number of hydrogen-bond acceptors (Lipinski definition) is 5. The molecule has 8 nitrogen and oxygen atoms in total. The summed E-state index contributed by atoms with van der Waals surface area (Å²) in [6.07, 6.45) is 6.93. The second kappa shape index (κ2) is 7.55. The predicted molar refractivity (Wildman–Crippen MR) is 98.4 cm³/mol. The van der Waals surface area contributed by atoms with Crippen molar-refractivity contribution in [1.29, 1.82) is 0 Å². The van der Waals surface area contributed by atoms with Crippen LogP contribution in [0.25, 0.3) is 0 Å². The summed E-state index contributed by atoms with van der Waals surface area (Å²) >= 11 is 0. The van der Waals surface area contributed by atoms with E-state index >= 15 is 0 Å². The number of anilines is 1. The van der Waals surface area contributed by atoms with Gasteiger partial charge in [-0.1, -0.05) is 0 Å². The van der Waals surface area contributed by atoms with Gasteiger partial charge in [-0.15, -0.1) is 0 Å². The number of nitrogens with zero attached hydrogens (tertiary/aromatic N) is 5. The molecule has 0 radical (unpaired) electrons. The molecule has 1 atom stereocenters. The summed E-state index contributed by atoms with van der Waals surface area (Å²) in [5, 5.41) is 6.93. The summed E-state index contributed by atoms with van der Waals surface area (Å²) in [5.74, 6) is -0.233. The van der Waals surface area contributed by atoms with Gasteiger partial charge in [0.05, 0.1) is 17.3 Å². The Morgan fingerprint density at radius 2 is 2.12 bits per heavy atom. The Morgan fingerprint density at radius 1 is 1.31 bits per heavy atom. The molecule has 1 fully saturated rings. The zero-order valence-electron chi connectivity index (χ0n) is 15.3. The SMILES string of the molecule is CNC(=O)c1ccn(C2CCCN(C(=O)c3cnccc3N(C)C)C2)n1. The molecule has 0 aliphatic carbocycles. The zero-order valence-corrected chi connectivity index (χ0v) is 15.3. The van der Waals surface area contributed by atoms with Crippen molar-refractivity contribution in [1.82, 2.24) is 25.0 Å². The van der Waals surface area contributed by atoms with Crippen molar-refractivity contribution >= 4 is 17.5 Å². The first-order valence-electron chi connectivity index (χ1n) is 8.69. The van der Waals surface area contributed by atoms with Crippen molar-refractivity contribution < 1.29 is 9.59 Å². The number of aromatic nitrogens is 3. The van der Waals surface area contributed by atoms with Crippen molar-refractivity contribution in [3.8, 4) is 0 Å². The van der Waals surface area contributed by atoms with E-state index in [4.69, 9.17) is 0 Å². The van der Waals surface area contributed by atoms with E-state index in [0.29, 0.717) is 24.3 Å². The summed E-state index contributed by atoms with van der Waals surface area (Å²) in [6.45, 7) is 1.27. The molecule has 8 heteroatoms. The minimum Gasteiger partial charge on any atom is -0.377 e. The quantitative estimate of drug-likeness (QED) is 0.889. The molecular formula is C18H24N6O2. The molecular weight excluding hydrogens is 332 g/mol. The number of hydrogen-bond donors (Lipinski definition) is 1. The molecule has 2 aromatic heterocycles. The maximum Gasteiger partial charge on any atom is 0.271 e. The molecule has 3 heterocycles. The molecule has 1 N–H and O–H groups in total. The van der Waals surface area contributed by atoms with Crippen LogP contribution in [-0.2, 0) is 0 Å². The van der Waals surface area contributed by atoms with Crippen LogP contribution in [0.15, 0.2) is 30.7 Å². The molecule has 1 aliphatic rings. The molecule has 26 heavy (non-hydrogen) atoms. The van der Waals surface area contributed by atoms with Crippen LogP contribution >= 0.6 is 0 Å². The molecule has 0 saturated carbocycles. The molecule has 1 unspecified atom stereocenters. The Balaban J connectivity index is 1.77. The van der Waals surface area contributed by atoms with Gasteiger partial charge in [0.15, 0.2) is 0 Å². The standard InChI is InChI=1S/C18H24N6O2/c1-19-17(25)15-7-10-24(21-15)13-5-4-9-23(12-13)18(26)14-11-20-8-6-16(14)22(2)3/h6-8,10-11,13H,4-5,9,12H2,1-3H3,(H,19,25). The van der Waals surface area contributed by atoms with Gasteiger partial charge in [0.1, 0.15) is 5.69 Å². The third-order valence-electron chi connectivity index (χ3n) is 4.64. The number of nitrogens with one attached hydrogen (secondary N) is 1. The van der Waals surface area contributed by atoms with Crippen molar-refractivity contribution in [2.45, 2.75) is 18.9 Å². The number of likely N-dealkylation sites (tertiary alicyclic amines) is 1. The Kier molecular flexibility index (Phi) is 5.20. The van der Waals surface area contributed by atoms with E-state index < -0.39 is 0 Å². The molecule has 138 valence electrons. The summed E-state index contributed by atoms with van der Waals surface area (Å²) in [4.78, 5) is 32.6. The van der Waals surface area contributed by atoms with Gasteiger partial charge in [0, 0.05) is 52.8 Å². The Bertz CT molecular complexity index is 800. The van der Waals surface area contributed by atoms with Gasteiger partial charge >= 0.3 is 0 Å². The Morgan fingerprint density at radius 3 is 2.85 bits per heavy atom. The van der Waals surface area contributed by atoms with Crippen LogP contribution in [0, 0.1) is 0 Å². The minimum atomic E-state index is -0.210. The van der Waals surface area contributed by atoms with E-state index in [-0.39, 0.29) is 17.9 Å². The summed E-state index contributed by atoms with van der Waals surface area (Å²) in [7, 11) is 5.41. The highest BCUT2D eigenvalue weighted by Crippen LogP contribution is 2.25. The van der Waals surface area contributed by atoms with Crippen molar-refractivity contribution in [3.05, 3.63) is 42.0 Å². The lowest BCUT2D eigenvalue weighted by Gasteiger charge is -2.33. The lowest BCUT2D eigenvalue weighted by molar-refractivity contribution is 0.0672. The van der Waals surface area contributed by atoms with Crippen LogP contribution in [0.4, 0.5) is 5.69 Å². The van der Waals surface area contributed by atoms with E-state index in [1.807, 2.05) is 30.0 Å². The van der Waals surface area contributed by atoms with E-state index in [1.165, 1.54) is 0 Å². The summed E-state index contributed by atoms with van der Waals surface area (Å²) in [5.41, 5.74) is 1.84.